The summed E-state index contributed by atoms with van der Waals surface area (Å²) in [6.45, 7) is 0.733. The zero-order chi connectivity index (χ0) is 39.3. The molecule has 0 spiro atoms. The maximum absolute atomic E-state index is 13.8. The first-order valence-electron chi connectivity index (χ1n) is 10.6. The minimum absolute atomic E-state index is 0.366. The van der Waals surface area contributed by atoms with Crippen molar-refractivity contribution in [2.24, 2.45) is 5.92 Å². The van der Waals surface area contributed by atoms with Gasteiger partial charge in [0.05, 0.1) is 0 Å². The summed E-state index contributed by atoms with van der Waals surface area (Å²) in [5.74, 6) is -122. The second-order valence-corrected chi connectivity index (χ2v) is 9.69. The van der Waals surface area contributed by atoms with Gasteiger partial charge in [0, 0.05) is 6.42 Å². The molecule has 0 amide bonds. The van der Waals surface area contributed by atoms with Crippen molar-refractivity contribution >= 4 is 0 Å². The van der Waals surface area contributed by atoms with Crippen LogP contribution in [0.4, 0.5) is 127 Å². The van der Waals surface area contributed by atoms with Gasteiger partial charge in [0.1, 0.15) is 0 Å². The van der Waals surface area contributed by atoms with Crippen molar-refractivity contribution in [1.82, 2.24) is 0 Å². The molecule has 0 rings (SSSR count). The Morgan fingerprint density at radius 3 is 0.553 bits per heavy atom. The van der Waals surface area contributed by atoms with Gasteiger partial charge in [-0.25, -0.2) is 0 Å². The van der Waals surface area contributed by atoms with Crippen LogP contribution in [0.1, 0.15) is 20.3 Å². The van der Waals surface area contributed by atoms with Crippen LogP contribution in [-0.4, -0.2) is 83.2 Å². The van der Waals surface area contributed by atoms with Crippen LogP contribution in [0.3, 0.4) is 0 Å². The number of halogens is 29. The molecule has 0 aromatic heterocycles. The fourth-order valence-corrected chi connectivity index (χ4v) is 3.02. The van der Waals surface area contributed by atoms with E-state index in [9.17, 15) is 127 Å². The van der Waals surface area contributed by atoms with Gasteiger partial charge in [-0.2, -0.15) is 127 Å². The lowest BCUT2D eigenvalue weighted by atomic mass is 9.83. The summed E-state index contributed by atoms with van der Waals surface area (Å²) in [5, 5.41) is 0. The summed E-state index contributed by atoms with van der Waals surface area (Å²) in [4.78, 5) is 0. The van der Waals surface area contributed by atoms with Gasteiger partial charge in [-0.05, 0) is 5.92 Å². The molecule has 0 aliphatic rings. The summed E-state index contributed by atoms with van der Waals surface area (Å²) >= 11 is 0. The lowest BCUT2D eigenvalue weighted by Crippen LogP contribution is -2.79. The van der Waals surface area contributed by atoms with E-state index >= 15 is 0 Å². The van der Waals surface area contributed by atoms with Crippen LogP contribution in [0.5, 0.6) is 0 Å². The van der Waals surface area contributed by atoms with Crippen LogP contribution in [0.2, 0.25) is 0 Å². The summed E-state index contributed by atoms with van der Waals surface area (Å²) in [6.07, 6.45) is -11.1. The zero-order valence-corrected chi connectivity index (χ0v) is 21.2. The van der Waals surface area contributed by atoms with Crippen molar-refractivity contribution < 1.29 is 127 Å². The summed E-state index contributed by atoms with van der Waals surface area (Å²) in [6, 6.07) is 0. The first-order valence-corrected chi connectivity index (χ1v) is 10.6. The molecule has 0 radical (unpaired) electrons. The highest BCUT2D eigenvalue weighted by molar-refractivity contribution is 5.21. The smallest absolute Gasteiger partial charge is 0.200 e. The fourth-order valence-electron chi connectivity index (χ4n) is 3.02. The molecule has 29 heteroatoms. The molecule has 284 valence electrons. The van der Waals surface area contributed by atoms with E-state index in [1.165, 1.54) is 0 Å². The Balaban J connectivity index is 7.53. The second kappa shape index (κ2) is 11.0. The maximum atomic E-state index is 13.8. The van der Waals surface area contributed by atoms with E-state index in [0.29, 0.717) is 13.8 Å². The highest BCUT2D eigenvalue weighted by Gasteiger charge is 3.00. The molecule has 47 heavy (non-hydrogen) atoms. The first-order chi connectivity index (χ1) is 19.7. The minimum Gasteiger partial charge on any atom is -0.200 e. The van der Waals surface area contributed by atoms with Crippen LogP contribution in [0.15, 0.2) is 0 Å². The Morgan fingerprint density at radius 2 is 0.404 bits per heavy atom. The van der Waals surface area contributed by atoms with E-state index < -0.39 is 95.5 Å². The normalized spacial score (nSPS) is 17.1. The van der Waals surface area contributed by atoms with E-state index in [0.717, 1.165) is 0 Å². The van der Waals surface area contributed by atoms with Crippen LogP contribution < -0.4 is 0 Å². The van der Waals surface area contributed by atoms with Gasteiger partial charge in [0.2, 0.25) is 0 Å². The third-order valence-corrected chi connectivity index (χ3v) is 5.82. The fraction of sp³-hybridized carbons (Fsp3) is 1.00. The molecule has 0 aromatic rings. The molecule has 0 nitrogen and oxygen atoms in total. The monoisotopic (exact) mass is 776 g/mol. The highest BCUT2D eigenvalue weighted by Crippen LogP contribution is 2.69. The van der Waals surface area contributed by atoms with Crippen molar-refractivity contribution in [1.29, 1.82) is 0 Å². The molecule has 0 heterocycles. The second-order valence-electron chi connectivity index (χ2n) is 9.69. The van der Waals surface area contributed by atoms with Crippen LogP contribution in [-0.2, 0) is 0 Å². The number of alkyl halides is 29. The molecule has 0 saturated heterocycles. The number of hydrogen-bond donors (Lipinski definition) is 0. The quantitative estimate of drug-likeness (QED) is 0.154. The molecule has 0 aliphatic carbocycles. The third kappa shape index (κ3) is 5.38. The zero-order valence-electron chi connectivity index (χ0n) is 21.2. The summed E-state index contributed by atoms with van der Waals surface area (Å²) < 4.78 is 388. The van der Waals surface area contributed by atoms with Crippen molar-refractivity contribution in [3.05, 3.63) is 0 Å². The summed E-state index contributed by atoms with van der Waals surface area (Å²) in [7, 11) is 0. The van der Waals surface area contributed by atoms with Gasteiger partial charge < -0.3 is 0 Å². The Hall–Kier alpha value is -2.03. The van der Waals surface area contributed by atoms with Crippen molar-refractivity contribution in [2.45, 2.75) is 103 Å². The lowest BCUT2D eigenvalue weighted by molar-refractivity contribution is -0.487. The maximum Gasteiger partial charge on any atom is 0.460 e. The molecular formula is C18H9F29. The van der Waals surface area contributed by atoms with Gasteiger partial charge in [0.15, 0.2) is 0 Å². The molecule has 0 unspecified atom stereocenters. The first kappa shape index (κ1) is 45.0. The van der Waals surface area contributed by atoms with E-state index in [-0.39, 0.29) is 0 Å². The molecule has 0 aromatic carbocycles. The van der Waals surface area contributed by atoms with E-state index in [1.807, 2.05) is 0 Å². The Labute approximate surface area is 238 Å². The minimum atomic E-state index is -9.90. The number of hydrogen-bond acceptors (Lipinski definition) is 0. The standard InChI is InChI=1S/C18H9F29/c1-4(2)3-5(19,20)6(21,22)7(23,24)8(25,26)9(27,28)10(29,30)11(31,32)12(33,34)13(35,36)14(37,38)15(39,40)16(41,42)17(43,44)18(45,46)47/h4H,3H2,1-2H3. The van der Waals surface area contributed by atoms with Gasteiger partial charge in [-0.1, -0.05) is 13.8 Å². The Kier molecular flexibility index (Phi) is 10.5. The van der Waals surface area contributed by atoms with Crippen LogP contribution >= 0.6 is 0 Å². The average Bonchev–Trinajstić information content (AvgIpc) is 2.80. The molecule has 0 saturated carbocycles. The highest BCUT2D eigenvalue weighted by atomic mass is 19.4. The Morgan fingerprint density at radius 1 is 0.255 bits per heavy atom. The van der Waals surface area contributed by atoms with Crippen molar-refractivity contribution in [3.8, 4) is 0 Å². The van der Waals surface area contributed by atoms with Gasteiger partial charge in [-0.15, -0.1) is 0 Å². The van der Waals surface area contributed by atoms with Gasteiger partial charge in [-0.3, -0.25) is 0 Å². The van der Waals surface area contributed by atoms with Crippen molar-refractivity contribution in [3.63, 3.8) is 0 Å². The molecular weight excluding hydrogens is 767 g/mol. The number of rotatable bonds is 14. The Bertz CT molecular complexity index is 1120. The van der Waals surface area contributed by atoms with E-state index in [2.05, 4.69) is 0 Å². The van der Waals surface area contributed by atoms with E-state index in [1.54, 1.807) is 0 Å². The predicted molar refractivity (Wildman–Crippen MR) is 89.8 cm³/mol. The molecule has 0 bridgehead atoms. The predicted octanol–water partition coefficient (Wildman–Crippen LogP) is 10.9. The molecule has 0 atom stereocenters. The van der Waals surface area contributed by atoms with Gasteiger partial charge >= 0.3 is 83.2 Å². The van der Waals surface area contributed by atoms with Crippen LogP contribution in [0.25, 0.3) is 0 Å². The molecule has 0 aliphatic heterocycles. The SMILES string of the molecule is CC(C)CC(F)(F)C(F)(F)C(F)(F)C(F)(F)C(F)(F)C(F)(F)C(F)(F)C(F)(F)C(F)(F)C(F)(F)C(F)(F)C(F)(F)C(F)(F)C(F)(F)F. The molecule has 0 fully saturated rings. The van der Waals surface area contributed by atoms with Crippen LogP contribution in [0, 0.1) is 5.92 Å². The van der Waals surface area contributed by atoms with Gasteiger partial charge in [0.25, 0.3) is 0 Å². The lowest BCUT2D eigenvalue weighted by Gasteiger charge is -2.46. The average molecular weight is 776 g/mol. The third-order valence-electron chi connectivity index (χ3n) is 5.82. The largest absolute Gasteiger partial charge is 0.460 e. The van der Waals surface area contributed by atoms with Crippen molar-refractivity contribution in [2.75, 3.05) is 0 Å². The van der Waals surface area contributed by atoms with E-state index in [4.69, 9.17) is 0 Å². The topological polar surface area (TPSA) is 0 Å². The summed E-state index contributed by atoms with van der Waals surface area (Å²) in [5.41, 5.74) is 0. The molecule has 0 N–H and O–H groups in total.